The van der Waals surface area contributed by atoms with Gasteiger partial charge in [0.1, 0.15) is 5.82 Å². The number of aromatic amines is 1. The molecule has 0 unspecified atom stereocenters. The molecule has 1 heterocycles. The van der Waals surface area contributed by atoms with Gasteiger partial charge >= 0.3 is 0 Å². The van der Waals surface area contributed by atoms with Gasteiger partial charge in [0, 0.05) is 39.0 Å². The normalized spacial score (nSPS) is 11.6. The molecule has 1 aromatic heterocycles. The Kier molecular flexibility index (Phi) is 7.92. The molecule has 0 saturated carbocycles. The topological polar surface area (TPSA) is 85.4 Å². The Balaban J connectivity index is 1.82. The third kappa shape index (κ3) is 5.75. The van der Waals surface area contributed by atoms with E-state index in [1.807, 2.05) is 49.9 Å². The Morgan fingerprint density at radius 2 is 1.96 bits per heavy atom. The summed E-state index contributed by atoms with van der Waals surface area (Å²) in [5, 5.41) is 6.51. The lowest BCUT2D eigenvalue weighted by atomic mass is 10.3. The number of aromatic nitrogens is 2. The molecular formula is C19H30N6O. The quantitative estimate of drug-likeness (QED) is 0.472. The average molecular weight is 358 g/mol. The van der Waals surface area contributed by atoms with Crippen LogP contribution in [0.3, 0.4) is 0 Å². The van der Waals surface area contributed by atoms with Crippen LogP contribution in [0.1, 0.15) is 33.0 Å². The molecule has 7 heteroatoms. The molecule has 3 N–H and O–H groups in total. The average Bonchev–Trinajstić information content (AvgIpc) is 3.05. The van der Waals surface area contributed by atoms with E-state index in [0.29, 0.717) is 13.0 Å². The third-order valence-corrected chi connectivity index (χ3v) is 4.15. The van der Waals surface area contributed by atoms with E-state index in [0.717, 1.165) is 55.4 Å². The van der Waals surface area contributed by atoms with E-state index in [-0.39, 0.29) is 5.91 Å². The largest absolute Gasteiger partial charge is 0.357 e. The van der Waals surface area contributed by atoms with Crippen molar-refractivity contribution in [1.82, 2.24) is 25.5 Å². The predicted octanol–water partition coefficient (Wildman–Crippen LogP) is 1.92. The second-order valence-corrected chi connectivity index (χ2v) is 5.95. The van der Waals surface area contributed by atoms with Crippen molar-refractivity contribution >= 4 is 22.9 Å². The van der Waals surface area contributed by atoms with Crippen molar-refractivity contribution in [2.24, 2.45) is 4.99 Å². The van der Waals surface area contributed by atoms with Gasteiger partial charge in [0.25, 0.3) is 0 Å². The van der Waals surface area contributed by atoms with E-state index < -0.39 is 0 Å². The summed E-state index contributed by atoms with van der Waals surface area (Å²) in [5.41, 5.74) is 2.04. The number of carbonyl (C=O) groups excluding carboxylic acids is 1. The van der Waals surface area contributed by atoms with Crippen LogP contribution in [0.4, 0.5) is 0 Å². The molecule has 7 nitrogen and oxygen atoms in total. The van der Waals surface area contributed by atoms with Gasteiger partial charge in [-0.15, -0.1) is 0 Å². The summed E-state index contributed by atoms with van der Waals surface area (Å²) in [6.07, 6.45) is 1.21. The Morgan fingerprint density at radius 3 is 2.65 bits per heavy atom. The number of hydrogen-bond acceptors (Lipinski definition) is 3. The van der Waals surface area contributed by atoms with E-state index in [2.05, 4.69) is 25.6 Å². The molecule has 26 heavy (non-hydrogen) atoms. The van der Waals surface area contributed by atoms with Crippen molar-refractivity contribution in [3.05, 3.63) is 30.1 Å². The van der Waals surface area contributed by atoms with Crippen LogP contribution in [-0.4, -0.2) is 59.5 Å². The SMILES string of the molecule is CCNC(=NCCC(=O)N(CC)CC)NCCc1nc2ccccc2[nH]1. The summed E-state index contributed by atoms with van der Waals surface area (Å²) in [6, 6.07) is 8.01. The second-order valence-electron chi connectivity index (χ2n) is 5.95. The first-order chi connectivity index (χ1) is 12.7. The van der Waals surface area contributed by atoms with Crippen LogP contribution in [0.25, 0.3) is 11.0 Å². The number of nitrogens with one attached hydrogen (secondary N) is 3. The van der Waals surface area contributed by atoms with E-state index in [1.54, 1.807) is 0 Å². The van der Waals surface area contributed by atoms with Crippen molar-refractivity contribution in [1.29, 1.82) is 0 Å². The fraction of sp³-hybridized carbons (Fsp3) is 0.526. The van der Waals surface area contributed by atoms with Crippen molar-refractivity contribution in [3.63, 3.8) is 0 Å². The van der Waals surface area contributed by atoms with Gasteiger partial charge in [-0.1, -0.05) is 12.1 Å². The molecule has 0 saturated heterocycles. The maximum Gasteiger partial charge on any atom is 0.224 e. The number of para-hydroxylation sites is 2. The molecule has 1 amide bonds. The zero-order valence-corrected chi connectivity index (χ0v) is 16.0. The summed E-state index contributed by atoms with van der Waals surface area (Å²) in [6.45, 7) is 9.48. The van der Waals surface area contributed by atoms with Gasteiger partial charge in [-0.25, -0.2) is 4.98 Å². The van der Waals surface area contributed by atoms with Gasteiger partial charge < -0.3 is 20.5 Å². The molecule has 0 bridgehead atoms. The molecule has 2 rings (SSSR count). The Labute approximate surface area is 155 Å². The number of hydrogen-bond donors (Lipinski definition) is 3. The molecule has 0 fully saturated rings. The number of benzene rings is 1. The van der Waals surface area contributed by atoms with E-state index in [1.165, 1.54) is 0 Å². The summed E-state index contributed by atoms with van der Waals surface area (Å²) in [7, 11) is 0. The number of guanidine groups is 1. The standard InChI is InChI=1S/C19H30N6O/c1-4-20-19(22-14-12-18(26)25(5-2)6-3)21-13-11-17-23-15-9-7-8-10-16(15)24-17/h7-10H,4-6,11-14H2,1-3H3,(H,23,24)(H2,20,21,22). The van der Waals surface area contributed by atoms with Gasteiger partial charge in [0.05, 0.1) is 17.6 Å². The molecule has 0 aliphatic heterocycles. The van der Waals surface area contributed by atoms with Crippen molar-refractivity contribution in [2.45, 2.75) is 33.6 Å². The monoisotopic (exact) mass is 358 g/mol. The summed E-state index contributed by atoms with van der Waals surface area (Å²) in [4.78, 5) is 26.3. The minimum atomic E-state index is 0.150. The smallest absolute Gasteiger partial charge is 0.224 e. The van der Waals surface area contributed by atoms with Gasteiger partial charge in [-0.05, 0) is 32.9 Å². The number of fused-ring (bicyclic) bond motifs is 1. The second kappa shape index (κ2) is 10.4. The van der Waals surface area contributed by atoms with Gasteiger partial charge in [-0.3, -0.25) is 9.79 Å². The number of rotatable bonds is 9. The fourth-order valence-corrected chi connectivity index (χ4v) is 2.76. The molecule has 0 aliphatic carbocycles. The molecule has 0 radical (unpaired) electrons. The molecule has 0 atom stereocenters. The third-order valence-electron chi connectivity index (χ3n) is 4.15. The lowest BCUT2D eigenvalue weighted by Gasteiger charge is -2.18. The summed E-state index contributed by atoms with van der Waals surface area (Å²) in [5.74, 6) is 1.83. The Hall–Kier alpha value is -2.57. The predicted molar refractivity (Wildman–Crippen MR) is 106 cm³/mol. The maximum atomic E-state index is 12.0. The number of amides is 1. The highest BCUT2D eigenvalue weighted by Gasteiger charge is 2.08. The first kappa shape index (κ1) is 19.8. The lowest BCUT2D eigenvalue weighted by Crippen LogP contribution is -2.38. The van der Waals surface area contributed by atoms with Gasteiger partial charge in [0.2, 0.25) is 5.91 Å². The van der Waals surface area contributed by atoms with E-state index in [4.69, 9.17) is 0 Å². The van der Waals surface area contributed by atoms with Gasteiger partial charge in [-0.2, -0.15) is 0 Å². The molecule has 2 aromatic rings. The van der Waals surface area contributed by atoms with Gasteiger partial charge in [0.15, 0.2) is 5.96 Å². The number of carbonyl (C=O) groups is 1. The molecular weight excluding hydrogens is 328 g/mol. The van der Waals surface area contributed by atoms with Crippen LogP contribution in [0.5, 0.6) is 0 Å². The minimum absolute atomic E-state index is 0.150. The van der Waals surface area contributed by atoms with E-state index in [9.17, 15) is 4.79 Å². The fourth-order valence-electron chi connectivity index (χ4n) is 2.76. The zero-order valence-electron chi connectivity index (χ0n) is 16.0. The lowest BCUT2D eigenvalue weighted by molar-refractivity contribution is -0.130. The Morgan fingerprint density at radius 1 is 1.19 bits per heavy atom. The molecule has 1 aromatic carbocycles. The molecule has 0 spiro atoms. The highest BCUT2D eigenvalue weighted by molar-refractivity contribution is 5.81. The van der Waals surface area contributed by atoms with Crippen molar-refractivity contribution in [3.8, 4) is 0 Å². The first-order valence-corrected chi connectivity index (χ1v) is 9.41. The van der Waals surface area contributed by atoms with Crippen LogP contribution >= 0.6 is 0 Å². The summed E-state index contributed by atoms with van der Waals surface area (Å²) < 4.78 is 0. The number of nitrogens with zero attached hydrogens (tertiary/aromatic N) is 3. The first-order valence-electron chi connectivity index (χ1n) is 9.41. The van der Waals surface area contributed by atoms with Crippen molar-refractivity contribution in [2.75, 3.05) is 32.7 Å². The summed E-state index contributed by atoms with van der Waals surface area (Å²) >= 11 is 0. The van der Waals surface area contributed by atoms with Crippen LogP contribution in [0.15, 0.2) is 29.3 Å². The number of aliphatic imine (C=N–C) groups is 1. The number of H-pyrrole nitrogens is 1. The maximum absolute atomic E-state index is 12.0. The Bertz CT molecular complexity index is 687. The zero-order chi connectivity index (χ0) is 18.8. The van der Waals surface area contributed by atoms with Crippen molar-refractivity contribution < 1.29 is 4.79 Å². The minimum Gasteiger partial charge on any atom is -0.357 e. The molecule has 0 aliphatic rings. The highest BCUT2D eigenvalue weighted by atomic mass is 16.2. The molecule has 142 valence electrons. The van der Waals surface area contributed by atoms with Crippen LogP contribution < -0.4 is 10.6 Å². The van der Waals surface area contributed by atoms with E-state index >= 15 is 0 Å². The van der Waals surface area contributed by atoms with Crippen LogP contribution in [-0.2, 0) is 11.2 Å². The number of imidazole rings is 1. The van der Waals surface area contributed by atoms with Crippen LogP contribution in [0, 0.1) is 0 Å². The highest BCUT2D eigenvalue weighted by Crippen LogP contribution is 2.10. The van der Waals surface area contributed by atoms with Crippen LogP contribution in [0.2, 0.25) is 0 Å².